The summed E-state index contributed by atoms with van der Waals surface area (Å²) in [5.74, 6) is -0.0327. The van der Waals surface area contributed by atoms with Crippen molar-refractivity contribution in [2.45, 2.75) is 36.7 Å². The fourth-order valence-corrected chi connectivity index (χ4v) is 2.30. The number of carbonyl (C=O) groups excluding carboxylic acids is 1. The number of hydrogen-bond donors (Lipinski definition) is 2. The van der Waals surface area contributed by atoms with Gasteiger partial charge in [-0.05, 0) is 44.0 Å². The van der Waals surface area contributed by atoms with Gasteiger partial charge in [-0.25, -0.2) is 8.42 Å². The first-order valence-corrected chi connectivity index (χ1v) is 8.12. The minimum Gasteiger partial charge on any atom is -0.374 e. The molecule has 19 heavy (non-hydrogen) atoms. The van der Waals surface area contributed by atoms with Gasteiger partial charge in [0.1, 0.15) is 6.04 Å². The normalized spacial score (nSPS) is 16.7. The molecule has 1 atom stereocenters. The van der Waals surface area contributed by atoms with E-state index in [1.165, 1.54) is 18.4 Å². The molecule has 0 bridgehead atoms. The molecule has 1 aromatic rings. The van der Waals surface area contributed by atoms with Gasteiger partial charge in [0.25, 0.3) is 0 Å². The Balaban J connectivity index is 1.96. The zero-order valence-corrected chi connectivity index (χ0v) is 11.8. The van der Waals surface area contributed by atoms with Crippen LogP contribution in [0.3, 0.4) is 0 Å². The summed E-state index contributed by atoms with van der Waals surface area (Å²) < 4.78 is 22.6. The number of sulfone groups is 1. The molecule has 1 aromatic carbocycles. The highest BCUT2D eigenvalue weighted by Crippen LogP contribution is 2.19. The summed E-state index contributed by atoms with van der Waals surface area (Å²) in [5, 5.41) is 5.96. The molecule has 0 radical (unpaired) electrons. The van der Waals surface area contributed by atoms with Crippen molar-refractivity contribution in [1.29, 1.82) is 0 Å². The monoisotopic (exact) mass is 282 g/mol. The molecule has 1 aliphatic carbocycles. The second-order valence-electron chi connectivity index (χ2n) is 4.95. The molecule has 0 saturated heterocycles. The van der Waals surface area contributed by atoms with E-state index in [-0.39, 0.29) is 16.8 Å². The van der Waals surface area contributed by atoms with Crippen LogP contribution in [0.25, 0.3) is 0 Å². The molecule has 1 fully saturated rings. The van der Waals surface area contributed by atoms with Crippen molar-refractivity contribution in [3.8, 4) is 0 Å². The molecule has 0 aliphatic heterocycles. The van der Waals surface area contributed by atoms with Gasteiger partial charge < -0.3 is 10.6 Å². The lowest BCUT2D eigenvalue weighted by Crippen LogP contribution is -2.38. The minimum atomic E-state index is -3.18. The summed E-state index contributed by atoms with van der Waals surface area (Å²) in [5.41, 5.74) is 0.728. The molecule has 1 aliphatic rings. The molecule has 0 aromatic heterocycles. The van der Waals surface area contributed by atoms with E-state index in [1.807, 2.05) is 0 Å². The fraction of sp³-hybridized carbons (Fsp3) is 0.462. The van der Waals surface area contributed by atoms with Gasteiger partial charge in [-0.1, -0.05) is 0 Å². The lowest BCUT2D eigenvalue weighted by molar-refractivity contribution is -0.121. The first kappa shape index (κ1) is 13.9. The van der Waals surface area contributed by atoms with Gasteiger partial charge >= 0.3 is 0 Å². The maximum atomic E-state index is 11.8. The molecule has 2 N–H and O–H groups in total. The van der Waals surface area contributed by atoms with Crippen LogP contribution in [0.15, 0.2) is 29.2 Å². The van der Waals surface area contributed by atoms with Crippen molar-refractivity contribution in [2.75, 3.05) is 11.6 Å². The highest BCUT2D eigenvalue weighted by molar-refractivity contribution is 7.90. The van der Waals surface area contributed by atoms with Gasteiger partial charge in [0.15, 0.2) is 9.84 Å². The predicted octanol–water partition coefficient (Wildman–Crippen LogP) is 1.17. The van der Waals surface area contributed by atoms with Crippen LogP contribution in [0.5, 0.6) is 0 Å². The van der Waals surface area contributed by atoms with Crippen LogP contribution in [-0.2, 0) is 14.6 Å². The van der Waals surface area contributed by atoms with Gasteiger partial charge in [0.2, 0.25) is 5.91 Å². The Kier molecular flexibility index (Phi) is 3.80. The van der Waals surface area contributed by atoms with E-state index < -0.39 is 9.84 Å². The third kappa shape index (κ3) is 3.96. The third-order valence-electron chi connectivity index (χ3n) is 2.98. The summed E-state index contributed by atoms with van der Waals surface area (Å²) in [7, 11) is -3.18. The van der Waals surface area contributed by atoms with Crippen LogP contribution >= 0.6 is 0 Å². The quantitative estimate of drug-likeness (QED) is 0.850. The average Bonchev–Trinajstić information content (AvgIpc) is 3.12. The Labute approximate surface area is 113 Å². The van der Waals surface area contributed by atoms with Crippen molar-refractivity contribution in [2.24, 2.45) is 0 Å². The molecule has 2 rings (SSSR count). The number of hydrogen-bond acceptors (Lipinski definition) is 4. The van der Waals surface area contributed by atoms with Gasteiger partial charge in [0.05, 0.1) is 4.90 Å². The lowest BCUT2D eigenvalue weighted by atomic mass is 10.2. The number of anilines is 1. The van der Waals surface area contributed by atoms with Crippen molar-refractivity contribution in [1.82, 2.24) is 5.32 Å². The number of carbonyl (C=O) groups is 1. The molecular formula is C13H18N2O3S. The van der Waals surface area contributed by atoms with Gasteiger partial charge in [-0.3, -0.25) is 4.79 Å². The van der Waals surface area contributed by atoms with E-state index in [1.54, 1.807) is 19.1 Å². The van der Waals surface area contributed by atoms with Gasteiger partial charge in [-0.15, -0.1) is 0 Å². The average molecular weight is 282 g/mol. The number of amides is 1. The Morgan fingerprint density at radius 3 is 2.32 bits per heavy atom. The van der Waals surface area contributed by atoms with Crippen LogP contribution in [0, 0.1) is 0 Å². The Morgan fingerprint density at radius 2 is 1.84 bits per heavy atom. The molecule has 0 heterocycles. The molecule has 1 unspecified atom stereocenters. The zero-order chi connectivity index (χ0) is 14.0. The second kappa shape index (κ2) is 5.21. The van der Waals surface area contributed by atoms with Gasteiger partial charge in [-0.2, -0.15) is 0 Å². The van der Waals surface area contributed by atoms with Crippen LogP contribution in [-0.4, -0.2) is 32.7 Å². The number of benzene rings is 1. The molecule has 1 saturated carbocycles. The lowest BCUT2D eigenvalue weighted by Gasteiger charge is -2.15. The number of rotatable bonds is 5. The largest absolute Gasteiger partial charge is 0.374 e. The molecular weight excluding hydrogens is 264 g/mol. The molecule has 5 nitrogen and oxygen atoms in total. The first-order valence-electron chi connectivity index (χ1n) is 6.23. The predicted molar refractivity (Wildman–Crippen MR) is 73.8 cm³/mol. The van der Waals surface area contributed by atoms with E-state index >= 15 is 0 Å². The third-order valence-corrected chi connectivity index (χ3v) is 4.11. The smallest absolute Gasteiger partial charge is 0.242 e. The zero-order valence-electron chi connectivity index (χ0n) is 11.0. The molecule has 0 spiro atoms. The highest BCUT2D eigenvalue weighted by atomic mass is 32.2. The van der Waals surface area contributed by atoms with Crippen molar-refractivity contribution in [3.63, 3.8) is 0 Å². The SMILES string of the molecule is CC(Nc1ccc(S(C)(=O)=O)cc1)C(=O)NC1CC1. The van der Waals surface area contributed by atoms with Crippen LogP contribution in [0.4, 0.5) is 5.69 Å². The van der Waals surface area contributed by atoms with Crippen molar-refractivity contribution >= 4 is 21.4 Å². The Morgan fingerprint density at radius 1 is 1.26 bits per heavy atom. The van der Waals surface area contributed by atoms with E-state index in [2.05, 4.69) is 10.6 Å². The number of nitrogens with one attached hydrogen (secondary N) is 2. The summed E-state index contributed by atoms with van der Waals surface area (Å²) in [6.45, 7) is 1.78. The summed E-state index contributed by atoms with van der Waals surface area (Å²) in [4.78, 5) is 12.0. The maximum absolute atomic E-state index is 11.8. The van der Waals surface area contributed by atoms with Crippen molar-refractivity contribution < 1.29 is 13.2 Å². The van der Waals surface area contributed by atoms with Crippen LogP contribution in [0.2, 0.25) is 0 Å². The van der Waals surface area contributed by atoms with E-state index in [0.29, 0.717) is 6.04 Å². The Bertz CT molecular complexity index is 562. The molecule has 1 amide bonds. The van der Waals surface area contributed by atoms with Crippen LogP contribution < -0.4 is 10.6 Å². The standard InChI is InChI=1S/C13H18N2O3S/c1-9(13(16)15-11-3-4-11)14-10-5-7-12(8-6-10)19(2,17)18/h5-9,11,14H,3-4H2,1-2H3,(H,15,16). The second-order valence-corrected chi connectivity index (χ2v) is 6.96. The van der Waals surface area contributed by atoms with E-state index in [4.69, 9.17) is 0 Å². The molecule has 104 valence electrons. The minimum absolute atomic E-state index is 0.0327. The summed E-state index contributed by atoms with van der Waals surface area (Å²) >= 11 is 0. The first-order chi connectivity index (χ1) is 8.86. The van der Waals surface area contributed by atoms with E-state index in [9.17, 15) is 13.2 Å². The summed E-state index contributed by atoms with van der Waals surface area (Å²) in [6.07, 6.45) is 3.28. The highest BCUT2D eigenvalue weighted by Gasteiger charge is 2.25. The topological polar surface area (TPSA) is 75.3 Å². The Hall–Kier alpha value is -1.56. The van der Waals surface area contributed by atoms with Crippen molar-refractivity contribution in [3.05, 3.63) is 24.3 Å². The fourth-order valence-electron chi connectivity index (χ4n) is 1.67. The summed E-state index contributed by atoms with van der Waals surface area (Å²) in [6, 6.07) is 6.38. The van der Waals surface area contributed by atoms with E-state index in [0.717, 1.165) is 18.5 Å². The molecule has 6 heteroatoms. The maximum Gasteiger partial charge on any atom is 0.242 e. The van der Waals surface area contributed by atoms with Gasteiger partial charge in [0, 0.05) is 18.0 Å². The van der Waals surface area contributed by atoms with Crippen LogP contribution in [0.1, 0.15) is 19.8 Å².